The third-order valence-corrected chi connectivity index (χ3v) is 7.97. The van der Waals surface area contributed by atoms with Gasteiger partial charge in [-0.2, -0.15) is 0 Å². The van der Waals surface area contributed by atoms with Crippen molar-refractivity contribution in [1.82, 2.24) is 4.90 Å². The molecule has 4 aromatic carbocycles. The Morgan fingerprint density at radius 2 is 1.42 bits per heavy atom. The van der Waals surface area contributed by atoms with Gasteiger partial charge < -0.3 is 14.2 Å². The van der Waals surface area contributed by atoms with E-state index in [2.05, 4.69) is 29.2 Å². The molecular weight excluding hydrogens is 562 g/mol. The van der Waals surface area contributed by atoms with Crippen molar-refractivity contribution >= 4 is 11.9 Å². The van der Waals surface area contributed by atoms with Crippen LogP contribution in [0.15, 0.2) is 109 Å². The summed E-state index contributed by atoms with van der Waals surface area (Å²) in [6, 6.07) is 35.2. The predicted molar refractivity (Wildman–Crippen MR) is 176 cm³/mol. The van der Waals surface area contributed by atoms with E-state index in [1.165, 1.54) is 5.56 Å². The number of likely N-dealkylation sites (tertiary alicyclic amines) is 1. The summed E-state index contributed by atoms with van der Waals surface area (Å²) in [6.07, 6.45) is 2.02. The molecule has 0 spiro atoms. The Morgan fingerprint density at radius 1 is 0.778 bits per heavy atom. The average molecular weight is 606 g/mol. The largest absolute Gasteiger partial charge is 0.489 e. The standard InChI is InChI=1S/C39H43NO5/c1-39(2,3)45-37(41)33-19-17-30(18-20-33)27-43-35-16-10-15-34(25-35)36(32-13-8-5-9-14-32)38(42)44-28-31-21-23-40(24-22-31)26-29-11-6-4-7-12-29/h4-20,25,31,36H,21-24,26-28H2,1-3H3. The van der Waals surface area contributed by atoms with Crippen molar-refractivity contribution in [3.63, 3.8) is 0 Å². The van der Waals surface area contributed by atoms with Gasteiger partial charge in [-0.25, -0.2) is 4.79 Å². The van der Waals surface area contributed by atoms with E-state index in [1.54, 1.807) is 12.1 Å². The SMILES string of the molecule is CC(C)(C)OC(=O)c1ccc(COc2cccc(C(C(=O)OCC3CCN(Cc4ccccc4)CC3)c3ccccc3)c2)cc1. The lowest BCUT2D eigenvalue weighted by Crippen LogP contribution is -2.35. The Morgan fingerprint density at radius 3 is 2.09 bits per heavy atom. The molecule has 6 nitrogen and oxygen atoms in total. The van der Waals surface area contributed by atoms with Crippen LogP contribution in [0.1, 0.15) is 72.1 Å². The summed E-state index contributed by atoms with van der Waals surface area (Å²) in [4.78, 5) is 28.5. The highest BCUT2D eigenvalue weighted by Crippen LogP contribution is 2.30. The van der Waals surface area contributed by atoms with Gasteiger partial charge in [0, 0.05) is 6.54 Å². The Balaban J connectivity index is 1.19. The Kier molecular flexibility index (Phi) is 10.7. The summed E-state index contributed by atoms with van der Waals surface area (Å²) in [7, 11) is 0. The van der Waals surface area contributed by atoms with E-state index < -0.39 is 11.5 Å². The summed E-state index contributed by atoms with van der Waals surface area (Å²) in [5.41, 5.74) is 3.90. The second-order valence-electron chi connectivity index (χ2n) is 12.7. The van der Waals surface area contributed by atoms with E-state index in [9.17, 15) is 9.59 Å². The van der Waals surface area contributed by atoms with E-state index in [4.69, 9.17) is 14.2 Å². The van der Waals surface area contributed by atoms with Crippen LogP contribution in [0, 0.1) is 5.92 Å². The summed E-state index contributed by atoms with van der Waals surface area (Å²) >= 11 is 0. The number of carbonyl (C=O) groups is 2. The minimum Gasteiger partial charge on any atom is -0.489 e. The molecule has 1 heterocycles. The second kappa shape index (κ2) is 15.0. The number of carbonyl (C=O) groups excluding carboxylic acids is 2. The van der Waals surface area contributed by atoms with Crippen LogP contribution in [0.4, 0.5) is 0 Å². The van der Waals surface area contributed by atoms with Gasteiger partial charge in [0.05, 0.1) is 12.2 Å². The monoisotopic (exact) mass is 605 g/mol. The van der Waals surface area contributed by atoms with E-state index in [1.807, 2.05) is 93.6 Å². The minimum atomic E-state index is -0.555. The Hall–Kier alpha value is -4.42. The van der Waals surface area contributed by atoms with E-state index in [0.717, 1.165) is 49.2 Å². The van der Waals surface area contributed by atoms with E-state index >= 15 is 0 Å². The van der Waals surface area contributed by atoms with Gasteiger partial charge in [-0.3, -0.25) is 9.69 Å². The number of esters is 2. The number of benzene rings is 4. The van der Waals surface area contributed by atoms with Crippen LogP contribution in [0.5, 0.6) is 5.75 Å². The van der Waals surface area contributed by atoms with E-state index in [0.29, 0.717) is 30.4 Å². The number of piperidine rings is 1. The number of nitrogens with zero attached hydrogens (tertiary/aromatic N) is 1. The zero-order valence-electron chi connectivity index (χ0n) is 26.5. The molecule has 0 N–H and O–H groups in total. The maximum absolute atomic E-state index is 13.6. The molecule has 0 saturated carbocycles. The van der Waals surface area contributed by atoms with E-state index in [-0.39, 0.29) is 11.9 Å². The molecule has 1 aliphatic heterocycles. The topological polar surface area (TPSA) is 65.1 Å². The first kappa shape index (κ1) is 32.0. The summed E-state index contributed by atoms with van der Waals surface area (Å²) in [6.45, 7) is 9.25. The molecule has 4 aromatic rings. The van der Waals surface area contributed by atoms with Crippen molar-refractivity contribution < 1.29 is 23.8 Å². The highest BCUT2D eigenvalue weighted by molar-refractivity contribution is 5.89. The first-order valence-corrected chi connectivity index (χ1v) is 15.8. The van der Waals surface area contributed by atoms with Gasteiger partial charge in [0.15, 0.2) is 0 Å². The van der Waals surface area contributed by atoms with Gasteiger partial charge in [-0.05, 0) is 99.1 Å². The number of hydrogen-bond donors (Lipinski definition) is 0. The fourth-order valence-electron chi connectivity index (χ4n) is 5.57. The third kappa shape index (κ3) is 9.53. The Labute approximate surface area is 266 Å². The van der Waals surface area contributed by atoms with Crippen LogP contribution in [0.25, 0.3) is 0 Å². The smallest absolute Gasteiger partial charge is 0.338 e. The fourth-order valence-corrected chi connectivity index (χ4v) is 5.57. The highest BCUT2D eigenvalue weighted by Gasteiger charge is 2.27. The normalized spacial score (nSPS) is 14.8. The second-order valence-corrected chi connectivity index (χ2v) is 12.7. The molecule has 0 aromatic heterocycles. The molecule has 1 aliphatic rings. The van der Waals surface area contributed by atoms with Gasteiger partial charge in [0.1, 0.15) is 23.9 Å². The lowest BCUT2D eigenvalue weighted by Gasteiger charge is -2.32. The molecule has 5 rings (SSSR count). The maximum atomic E-state index is 13.6. The summed E-state index contributed by atoms with van der Waals surface area (Å²) in [5, 5.41) is 0. The van der Waals surface area contributed by atoms with Crippen molar-refractivity contribution in [2.75, 3.05) is 19.7 Å². The zero-order chi connectivity index (χ0) is 31.6. The summed E-state index contributed by atoms with van der Waals surface area (Å²) < 4.78 is 17.6. The van der Waals surface area contributed by atoms with Gasteiger partial charge in [-0.15, -0.1) is 0 Å². The van der Waals surface area contributed by atoms with Gasteiger partial charge in [0.25, 0.3) is 0 Å². The molecule has 1 atom stereocenters. The number of rotatable bonds is 11. The average Bonchev–Trinajstić information content (AvgIpc) is 3.04. The van der Waals surface area contributed by atoms with Crippen LogP contribution in [0.3, 0.4) is 0 Å². The lowest BCUT2D eigenvalue weighted by atomic mass is 9.91. The molecule has 45 heavy (non-hydrogen) atoms. The van der Waals surface area contributed by atoms with Crippen LogP contribution in [0.2, 0.25) is 0 Å². The highest BCUT2D eigenvalue weighted by atomic mass is 16.6. The first-order valence-electron chi connectivity index (χ1n) is 15.8. The van der Waals surface area contributed by atoms with Crippen molar-refractivity contribution in [3.05, 3.63) is 137 Å². The quantitative estimate of drug-likeness (QED) is 0.163. The zero-order valence-corrected chi connectivity index (χ0v) is 26.5. The molecule has 1 fully saturated rings. The molecule has 0 amide bonds. The number of ether oxygens (including phenoxy) is 3. The first-order chi connectivity index (χ1) is 21.7. The molecule has 0 aliphatic carbocycles. The lowest BCUT2D eigenvalue weighted by molar-refractivity contribution is -0.146. The summed E-state index contributed by atoms with van der Waals surface area (Å²) in [5.74, 6) is -0.143. The number of hydrogen-bond acceptors (Lipinski definition) is 6. The van der Waals surface area contributed by atoms with Crippen molar-refractivity contribution in [3.8, 4) is 5.75 Å². The van der Waals surface area contributed by atoms with Crippen molar-refractivity contribution in [1.29, 1.82) is 0 Å². The molecule has 1 unspecified atom stereocenters. The molecule has 0 radical (unpaired) electrons. The van der Waals surface area contributed by atoms with Crippen LogP contribution in [-0.2, 0) is 27.4 Å². The molecular formula is C39H43NO5. The van der Waals surface area contributed by atoms with Gasteiger partial charge in [-0.1, -0.05) is 84.9 Å². The van der Waals surface area contributed by atoms with Crippen molar-refractivity contribution in [2.45, 2.75) is 58.3 Å². The predicted octanol–water partition coefficient (Wildman–Crippen LogP) is 7.81. The van der Waals surface area contributed by atoms with Crippen LogP contribution < -0.4 is 4.74 Å². The van der Waals surface area contributed by atoms with Crippen LogP contribution >= 0.6 is 0 Å². The van der Waals surface area contributed by atoms with Crippen LogP contribution in [-0.4, -0.2) is 42.1 Å². The molecule has 234 valence electrons. The van der Waals surface area contributed by atoms with Gasteiger partial charge in [0.2, 0.25) is 0 Å². The van der Waals surface area contributed by atoms with Gasteiger partial charge >= 0.3 is 11.9 Å². The Bertz CT molecular complexity index is 1520. The minimum absolute atomic E-state index is 0.247. The molecule has 1 saturated heterocycles. The molecule has 6 heteroatoms. The fraction of sp³-hybridized carbons (Fsp3) is 0.333. The third-order valence-electron chi connectivity index (χ3n) is 7.97. The maximum Gasteiger partial charge on any atom is 0.338 e. The van der Waals surface area contributed by atoms with Crippen molar-refractivity contribution in [2.24, 2.45) is 5.92 Å². The molecule has 0 bridgehead atoms.